The molecule has 1 aromatic carbocycles. The van der Waals surface area contributed by atoms with E-state index in [1.807, 2.05) is 0 Å². The molecule has 0 amide bonds. The van der Waals surface area contributed by atoms with Crippen LogP contribution in [0.15, 0.2) is 24.3 Å². The summed E-state index contributed by atoms with van der Waals surface area (Å²) < 4.78 is 5.82. The van der Waals surface area contributed by atoms with Gasteiger partial charge in [0.2, 0.25) is 0 Å². The topological polar surface area (TPSA) is 38.5 Å². The van der Waals surface area contributed by atoms with Gasteiger partial charge in [-0.25, -0.2) is 0 Å². The molecule has 1 saturated carbocycles. The summed E-state index contributed by atoms with van der Waals surface area (Å²) in [7, 11) is 2.26. The Morgan fingerprint density at radius 1 is 1.25 bits per heavy atom. The highest BCUT2D eigenvalue weighted by atomic mass is 16.5. The normalized spacial score (nSPS) is 30.2. The highest BCUT2D eigenvalue weighted by Crippen LogP contribution is 2.35. The van der Waals surface area contributed by atoms with Gasteiger partial charge in [-0.2, -0.15) is 0 Å². The molecule has 20 heavy (non-hydrogen) atoms. The van der Waals surface area contributed by atoms with Crippen molar-refractivity contribution in [3.05, 3.63) is 35.4 Å². The molecular weight excluding hydrogens is 248 g/mol. The fourth-order valence-electron chi connectivity index (χ4n) is 3.93. The molecule has 3 rings (SSSR count). The summed E-state index contributed by atoms with van der Waals surface area (Å²) in [5.41, 5.74) is 8.79. The van der Waals surface area contributed by atoms with Crippen LogP contribution in [0.3, 0.4) is 0 Å². The lowest BCUT2D eigenvalue weighted by Gasteiger charge is -2.43. The molecule has 3 nitrogen and oxygen atoms in total. The van der Waals surface area contributed by atoms with Crippen molar-refractivity contribution in [1.82, 2.24) is 4.90 Å². The minimum atomic E-state index is 0.386. The van der Waals surface area contributed by atoms with Gasteiger partial charge in [0.1, 0.15) is 0 Å². The van der Waals surface area contributed by atoms with Crippen molar-refractivity contribution in [2.45, 2.75) is 44.4 Å². The maximum absolute atomic E-state index is 6.00. The van der Waals surface area contributed by atoms with E-state index in [-0.39, 0.29) is 0 Å². The maximum Gasteiger partial charge on any atom is 0.0721 e. The number of fused-ring (bicyclic) bond motifs is 1. The number of likely N-dealkylation sites (N-methyl/N-ethyl adjacent to an activating group) is 1. The molecule has 1 aliphatic carbocycles. The first-order valence-corrected chi connectivity index (χ1v) is 7.89. The predicted molar refractivity (Wildman–Crippen MR) is 81.4 cm³/mol. The lowest BCUT2D eigenvalue weighted by atomic mass is 9.82. The second-order valence-electron chi connectivity index (χ2n) is 6.24. The van der Waals surface area contributed by atoms with E-state index >= 15 is 0 Å². The van der Waals surface area contributed by atoms with Crippen molar-refractivity contribution < 1.29 is 4.74 Å². The highest BCUT2D eigenvalue weighted by molar-refractivity contribution is 5.31. The average Bonchev–Trinajstić information content (AvgIpc) is 2.53. The van der Waals surface area contributed by atoms with Gasteiger partial charge >= 0.3 is 0 Å². The van der Waals surface area contributed by atoms with Gasteiger partial charge in [0.15, 0.2) is 0 Å². The maximum atomic E-state index is 6.00. The number of hydrogen-bond donors (Lipinski definition) is 1. The summed E-state index contributed by atoms with van der Waals surface area (Å²) in [5.74, 6) is 0.642. The largest absolute Gasteiger partial charge is 0.375 e. The van der Waals surface area contributed by atoms with Crippen molar-refractivity contribution in [3.8, 4) is 0 Å². The smallest absolute Gasteiger partial charge is 0.0721 e. The second-order valence-corrected chi connectivity index (χ2v) is 6.24. The molecule has 0 aromatic heterocycles. The molecule has 2 aliphatic rings. The van der Waals surface area contributed by atoms with Crippen LogP contribution >= 0.6 is 0 Å². The van der Waals surface area contributed by atoms with Gasteiger partial charge in [-0.1, -0.05) is 37.1 Å². The molecule has 1 aromatic rings. The fourth-order valence-corrected chi connectivity index (χ4v) is 3.93. The van der Waals surface area contributed by atoms with Gasteiger partial charge in [0.05, 0.1) is 19.3 Å². The van der Waals surface area contributed by atoms with E-state index in [0.717, 1.165) is 19.8 Å². The molecule has 1 fully saturated rings. The fraction of sp³-hybridized carbons (Fsp3) is 0.647. The van der Waals surface area contributed by atoms with E-state index in [1.54, 1.807) is 0 Å². The van der Waals surface area contributed by atoms with Gasteiger partial charge in [-0.3, -0.25) is 4.90 Å². The highest BCUT2D eigenvalue weighted by Gasteiger charge is 2.33. The van der Waals surface area contributed by atoms with E-state index in [0.29, 0.717) is 18.0 Å². The number of hydrogen-bond acceptors (Lipinski definition) is 3. The molecule has 2 N–H and O–H groups in total. The molecule has 0 saturated heterocycles. The summed E-state index contributed by atoms with van der Waals surface area (Å²) in [6, 6.07) is 9.70. The SMILES string of the molecule is CN(C1COCc2ccccc21)C1CCCCC1CN. The quantitative estimate of drug-likeness (QED) is 0.921. The third-order valence-corrected chi connectivity index (χ3v) is 5.13. The van der Waals surface area contributed by atoms with Gasteiger partial charge in [-0.05, 0) is 43.5 Å². The third kappa shape index (κ3) is 2.62. The first kappa shape index (κ1) is 14.1. The van der Waals surface area contributed by atoms with Crippen LogP contribution in [0.1, 0.15) is 42.9 Å². The van der Waals surface area contributed by atoms with E-state index in [1.165, 1.54) is 36.8 Å². The van der Waals surface area contributed by atoms with Gasteiger partial charge in [0, 0.05) is 6.04 Å². The van der Waals surface area contributed by atoms with Crippen LogP contribution in [0.2, 0.25) is 0 Å². The van der Waals surface area contributed by atoms with Crippen molar-refractivity contribution in [2.24, 2.45) is 11.7 Å². The van der Waals surface area contributed by atoms with Crippen LogP contribution in [-0.2, 0) is 11.3 Å². The Morgan fingerprint density at radius 3 is 2.90 bits per heavy atom. The Hall–Kier alpha value is -0.900. The number of nitrogens with two attached hydrogens (primary N) is 1. The van der Waals surface area contributed by atoms with Crippen LogP contribution < -0.4 is 5.73 Å². The van der Waals surface area contributed by atoms with E-state index < -0.39 is 0 Å². The molecule has 110 valence electrons. The Kier molecular flexibility index (Phi) is 4.39. The zero-order valence-corrected chi connectivity index (χ0v) is 12.4. The standard InChI is InChI=1S/C17H26N2O/c1-19(16-9-5-3-6-13(16)10-18)17-12-20-11-14-7-2-4-8-15(14)17/h2,4,7-8,13,16-17H,3,5-6,9-12,18H2,1H3. The Bertz CT molecular complexity index is 448. The summed E-state index contributed by atoms with van der Waals surface area (Å²) in [6.45, 7) is 2.37. The second kappa shape index (κ2) is 6.25. The molecule has 0 bridgehead atoms. The van der Waals surface area contributed by atoms with Crippen LogP contribution in [-0.4, -0.2) is 31.1 Å². The lowest BCUT2D eigenvalue weighted by molar-refractivity contribution is 0.00610. The van der Waals surface area contributed by atoms with Crippen LogP contribution in [0.5, 0.6) is 0 Å². The molecule has 3 heteroatoms. The Balaban J connectivity index is 1.82. The average molecular weight is 274 g/mol. The molecule has 3 unspecified atom stereocenters. The third-order valence-electron chi connectivity index (χ3n) is 5.13. The summed E-state index contributed by atoms with van der Waals surface area (Å²) in [5, 5.41) is 0. The summed E-state index contributed by atoms with van der Waals surface area (Å²) in [4.78, 5) is 2.54. The van der Waals surface area contributed by atoms with Crippen molar-refractivity contribution in [3.63, 3.8) is 0 Å². The monoisotopic (exact) mass is 274 g/mol. The van der Waals surface area contributed by atoms with Crippen molar-refractivity contribution in [1.29, 1.82) is 0 Å². The molecule has 0 radical (unpaired) electrons. The minimum Gasteiger partial charge on any atom is -0.375 e. The zero-order valence-electron chi connectivity index (χ0n) is 12.4. The van der Waals surface area contributed by atoms with Crippen molar-refractivity contribution >= 4 is 0 Å². The number of benzene rings is 1. The molecule has 0 spiro atoms. The predicted octanol–water partition coefficient (Wildman–Crippen LogP) is 2.71. The van der Waals surface area contributed by atoms with Crippen LogP contribution in [0.25, 0.3) is 0 Å². The van der Waals surface area contributed by atoms with E-state index in [9.17, 15) is 0 Å². The van der Waals surface area contributed by atoms with Crippen LogP contribution in [0, 0.1) is 5.92 Å². The van der Waals surface area contributed by atoms with Gasteiger partial charge in [0.25, 0.3) is 0 Å². The van der Waals surface area contributed by atoms with Gasteiger partial charge in [-0.15, -0.1) is 0 Å². The summed E-state index contributed by atoms with van der Waals surface area (Å²) >= 11 is 0. The van der Waals surface area contributed by atoms with Gasteiger partial charge < -0.3 is 10.5 Å². The van der Waals surface area contributed by atoms with E-state index in [2.05, 4.69) is 36.2 Å². The number of ether oxygens (including phenoxy) is 1. The molecular formula is C17H26N2O. The molecule has 3 atom stereocenters. The molecule has 1 heterocycles. The minimum absolute atomic E-state index is 0.386. The van der Waals surface area contributed by atoms with Crippen molar-refractivity contribution in [2.75, 3.05) is 20.2 Å². The number of rotatable bonds is 3. The first-order chi connectivity index (χ1) is 9.81. The molecule has 1 aliphatic heterocycles. The van der Waals surface area contributed by atoms with E-state index in [4.69, 9.17) is 10.5 Å². The Labute approximate surface area is 122 Å². The first-order valence-electron chi connectivity index (χ1n) is 7.89. The Morgan fingerprint density at radius 2 is 2.05 bits per heavy atom. The summed E-state index contributed by atoms with van der Waals surface area (Å²) in [6.07, 6.45) is 5.22. The van der Waals surface area contributed by atoms with Crippen LogP contribution in [0.4, 0.5) is 0 Å². The lowest BCUT2D eigenvalue weighted by Crippen LogP contribution is -2.46. The zero-order chi connectivity index (χ0) is 13.9. The number of nitrogens with zero attached hydrogens (tertiary/aromatic N) is 1.